The molecule has 1 aliphatic rings. The van der Waals surface area contributed by atoms with Crippen LogP contribution in [-0.2, 0) is 27.8 Å². The van der Waals surface area contributed by atoms with Crippen molar-refractivity contribution in [1.29, 1.82) is 0 Å². The van der Waals surface area contributed by atoms with E-state index in [1.54, 1.807) is 22.5 Å². The molecule has 8 nitrogen and oxygen atoms in total. The molecule has 2 heterocycles. The van der Waals surface area contributed by atoms with Crippen molar-refractivity contribution in [3.8, 4) is 0 Å². The van der Waals surface area contributed by atoms with E-state index in [1.807, 2.05) is 30.3 Å². The van der Waals surface area contributed by atoms with Crippen LogP contribution < -0.4 is 5.32 Å². The molecule has 0 bridgehead atoms. The molecule has 1 amide bonds. The van der Waals surface area contributed by atoms with Crippen LogP contribution in [-0.4, -0.2) is 46.0 Å². The summed E-state index contributed by atoms with van der Waals surface area (Å²) in [5.74, 6) is -0.306. The number of carbonyl (C=O) groups is 1. The predicted molar refractivity (Wildman–Crippen MR) is 117 cm³/mol. The van der Waals surface area contributed by atoms with E-state index in [-0.39, 0.29) is 23.4 Å². The molecule has 3 aromatic rings. The normalized spacial score (nSPS) is 17.4. The van der Waals surface area contributed by atoms with Gasteiger partial charge in [-0.1, -0.05) is 42.8 Å². The molecule has 0 saturated carbocycles. The van der Waals surface area contributed by atoms with Crippen LogP contribution in [0.3, 0.4) is 0 Å². The highest BCUT2D eigenvalue weighted by molar-refractivity contribution is 7.89. The molecular weight excluding hydrogens is 414 g/mol. The topological polar surface area (TPSA) is 97.2 Å². The molecule has 1 atom stereocenters. The summed E-state index contributed by atoms with van der Waals surface area (Å²) in [6.07, 6.45) is 6.19. The first-order valence-corrected chi connectivity index (χ1v) is 11.7. The molecule has 1 aliphatic heterocycles. The van der Waals surface area contributed by atoms with Crippen molar-refractivity contribution >= 4 is 21.6 Å². The van der Waals surface area contributed by atoms with Crippen molar-refractivity contribution in [2.75, 3.05) is 11.9 Å². The lowest BCUT2D eigenvalue weighted by molar-refractivity contribution is -0.116. The van der Waals surface area contributed by atoms with Gasteiger partial charge in [0.1, 0.15) is 19.2 Å². The Morgan fingerprint density at radius 1 is 1.10 bits per heavy atom. The molecule has 1 fully saturated rings. The van der Waals surface area contributed by atoms with Crippen LogP contribution >= 0.6 is 0 Å². The zero-order valence-electron chi connectivity index (χ0n) is 17.1. The number of benzene rings is 2. The number of hydrogen-bond acceptors (Lipinski definition) is 5. The van der Waals surface area contributed by atoms with E-state index in [4.69, 9.17) is 0 Å². The van der Waals surface area contributed by atoms with Gasteiger partial charge in [0.2, 0.25) is 15.9 Å². The minimum atomic E-state index is -3.69. The summed E-state index contributed by atoms with van der Waals surface area (Å²) in [5, 5.41) is 6.64. The first-order chi connectivity index (χ1) is 15.0. The first-order valence-electron chi connectivity index (χ1n) is 10.3. The van der Waals surface area contributed by atoms with Crippen molar-refractivity contribution in [3.05, 3.63) is 72.8 Å². The summed E-state index contributed by atoms with van der Waals surface area (Å²) in [5.41, 5.74) is 1.56. The molecule has 1 aromatic heterocycles. The highest BCUT2D eigenvalue weighted by Crippen LogP contribution is 2.28. The molecule has 0 aliphatic carbocycles. The fourth-order valence-corrected chi connectivity index (χ4v) is 5.65. The number of nitrogens with one attached hydrogen (secondary N) is 1. The van der Waals surface area contributed by atoms with Crippen LogP contribution in [0.15, 0.2) is 72.1 Å². The highest BCUT2D eigenvalue weighted by Gasteiger charge is 2.33. The Bertz CT molecular complexity index is 1120. The van der Waals surface area contributed by atoms with Crippen molar-refractivity contribution < 1.29 is 13.2 Å². The summed E-state index contributed by atoms with van der Waals surface area (Å²) in [7, 11) is -3.69. The molecule has 162 valence electrons. The van der Waals surface area contributed by atoms with Gasteiger partial charge in [-0.15, -0.1) is 0 Å². The van der Waals surface area contributed by atoms with Crippen LogP contribution in [0, 0.1) is 0 Å². The molecule has 4 rings (SSSR count). The van der Waals surface area contributed by atoms with Gasteiger partial charge in [-0.2, -0.15) is 9.40 Å². The maximum atomic E-state index is 13.5. The van der Waals surface area contributed by atoms with E-state index in [0.717, 1.165) is 24.8 Å². The van der Waals surface area contributed by atoms with Gasteiger partial charge in [0.15, 0.2) is 0 Å². The minimum absolute atomic E-state index is 0.00223. The zero-order chi connectivity index (χ0) is 21.7. The Morgan fingerprint density at radius 2 is 1.94 bits per heavy atom. The molecule has 2 aromatic carbocycles. The number of hydrogen-bond donors (Lipinski definition) is 1. The smallest absolute Gasteiger partial charge is 0.246 e. The maximum absolute atomic E-state index is 13.5. The minimum Gasteiger partial charge on any atom is -0.324 e. The first kappa shape index (κ1) is 21.2. The Kier molecular flexibility index (Phi) is 6.43. The van der Waals surface area contributed by atoms with Gasteiger partial charge < -0.3 is 5.32 Å². The van der Waals surface area contributed by atoms with Crippen LogP contribution in [0.5, 0.6) is 0 Å². The Hall–Kier alpha value is -3.04. The third-order valence-electron chi connectivity index (χ3n) is 5.38. The monoisotopic (exact) mass is 439 g/mol. The van der Waals surface area contributed by atoms with Crippen molar-refractivity contribution in [1.82, 2.24) is 19.1 Å². The second kappa shape index (κ2) is 9.40. The van der Waals surface area contributed by atoms with Gasteiger partial charge in [-0.3, -0.25) is 4.79 Å². The highest BCUT2D eigenvalue weighted by atomic mass is 32.2. The van der Waals surface area contributed by atoms with Gasteiger partial charge in [0.05, 0.1) is 4.90 Å². The fraction of sp³-hybridized carbons (Fsp3) is 0.318. The third kappa shape index (κ3) is 5.18. The molecule has 1 saturated heterocycles. The van der Waals surface area contributed by atoms with E-state index in [0.29, 0.717) is 18.7 Å². The van der Waals surface area contributed by atoms with Crippen LogP contribution in [0.25, 0.3) is 0 Å². The van der Waals surface area contributed by atoms with Crippen molar-refractivity contribution in [2.45, 2.75) is 43.2 Å². The molecule has 0 radical (unpaired) electrons. The van der Waals surface area contributed by atoms with Gasteiger partial charge in [0, 0.05) is 18.3 Å². The van der Waals surface area contributed by atoms with Gasteiger partial charge in [-0.05, 0) is 43.0 Å². The number of aromatic nitrogens is 3. The van der Waals surface area contributed by atoms with E-state index in [9.17, 15) is 13.2 Å². The van der Waals surface area contributed by atoms with Crippen LogP contribution in [0.2, 0.25) is 0 Å². The zero-order valence-corrected chi connectivity index (χ0v) is 17.9. The number of piperidine rings is 1. The van der Waals surface area contributed by atoms with E-state index in [1.165, 1.54) is 23.4 Å². The number of sulfonamides is 1. The predicted octanol–water partition coefficient (Wildman–Crippen LogP) is 2.70. The average Bonchev–Trinajstić information content (AvgIpc) is 3.28. The standard InChI is InChI=1S/C22H25N5O3S/c28-22(15-26-17-23-16-24-26)25-19-9-6-11-21(14-19)31(29,30)27-12-5-4-10-20(27)13-18-7-2-1-3-8-18/h1-3,6-9,11,14,16-17,20H,4-5,10,12-13,15H2,(H,25,28). The molecule has 1 unspecified atom stereocenters. The van der Waals surface area contributed by atoms with Crippen LogP contribution in [0.4, 0.5) is 5.69 Å². The Labute approximate surface area is 182 Å². The second-order valence-electron chi connectivity index (χ2n) is 7.62. The van der Waals surface area contributed by atoms with Crippen LogP contribution in [0.1, 0.15) is 24.8 Å². The number of carbonyl (C=O) groups excluding carboxylic acids is 1. The molecule has 1 N–H and O–H groups in total. The fourth-order valence-electron chi connectivity index (χ4n) is 3.91. The molecule has 0 spiro atoms. The third-order valence-corrected chi connectivity index (χ3v) is 7.33. The Balaban J connectivity index is 1.51. The summed E-state index contributed by atoms with van der Waals surface area (Å²) in [6, 6.07) is 16.3. The quantitative estimate of drug-likeness (QED) is 0.611. The van der Waals surface area contributed by atoms with Crippen molar-refractivity contribution in [3.63, 3.8) is 0 Å². The largest absolute Gasteiger partial charge is 0.324 e. The van der Waals surface area contributed by atoms with Gasteiger partial charge in [-0.25, -0.2) is 18.1 Å². The summed E-state index contributed by atoms with van der Waals surface area (Å²) >= 11 is 0. The number of nitrogens with zero attached hydrogens (tertiary/aromatic N) is 4. The number of rotatable bonds is 7. The van der Waals surface area contributed by atoms with Gasteiger partial charge in [0.25, 0.3) is 0 Å². The Morgan fingerprint density at radius 3 is 2.71 bits per heavy atom. The second-order valence-corrected chi connectivity index (χ2v) is 9.51. The average molecular weight is 440 g/mol. The SMILES string of the molecule is O=C(Cn1cncn1)Nc1cccc(S(=O)(=O)N2CCCCC2Cc2ccccc2)c1. The number of anilines is 1. The lowest BCUT2D eigenvalue weighted by Gasteiger charge is -2.35. The summed E-state index contributed by atoms with van der Waals surface area (Å²) < 4.78 is 30.0. The van der Waals surface area contributed by atoms with Gasteiger partial charge >= 0.3 is 0 Å². The lowest BCUT2D eigenvalue weighted by atomic mass is 9.98. The van der Waals surface area contributed by atoms with Crippen molar-refractivity contribution in [2.24, 2.45) is 0 Å². The summed E-state index contributed by atoms with van der Waals surface area (Å²) in [4.78, 5) is 16.2. The lowest BCUT2D eigenvalue weighted by Crippen LogP contribution is -2.44. The molecular formula is C22H25N5O3S. The van der Waals surface area contributed by atoms with E-state index in [2.05, 4.69) is 15.4 Å². The number of amides is 1. The summed E-state index contributed by atoms with van der Waals surface area (Å²) in [6.45, 7) is 0.505. The molecule has 9 heteroatoms. The maximum Gasteiger partial charge on any atom is 0.246 e. The molecule has 31 heavy (non-hydrogen) atoms. The van der Waals surface area contributed by atoms with E-state index < -0.39 is 10.0 Å². The van der Waals surface area contributed by atoms with E-state index >= 15 is 0 Å².